The molecule has 0 aliphatic rings. The molecule has 2 heterocycles. The van der Waals surface area contributed by atoms with Crippen molar-refractivity contribution in [3.8, 4) is 0 Å². The highest BCUT2D eigenvalue weighted by Crippen LogP contribution is 2.24. The molecule has 9 heteroatoms. The molecule has 128 valence electrons. The van der Waals surface area contributed by atoms with Crippen LogP contribution in [-0.4, -0.2) is 41.7 Å². The minimum absolute atomic E-state index is 0.108. The predicted molar refractivity (Wildman–Crippen MR) is 90.9 cm³/mol. The zero-order valence-electron chi connectivity index (χ0n) is 13.5. The number of nitrogens with one attached hydrogen (secondary N) is 1. The molecule has 3 aromatic rings. The number of H-pyrrole nitrogens is 1. The van der Waals surface area contributed by atoms with Gasteiger partial charge in [0, 0.05) is 17.5 Å². The summed E-state index contributed by atoms with van der Waals surface area (Å²) in [6.07, 6.45) is 3.95. The van der Waals surface area contributed by atoms with Crippen molar-refractivity contribution in [2.24, 2.45) is 0 Å². The van der Waals surface area contributed by atoms with Crippen molar-refractivity contribution in [2.75, 3.05) is 4.90 Å². The summed E-state index contributed by atoms with van der Waals surface area (Å²) in [5.74, 6) is 0.289. The average Bonchev–Trinajstić information content (AvgIpc) is 3.27. The third-order valence-electron chi connectivity index (χ3n) is 3.78. The number of benzene rings is 1. The molecule has 0 radical (unpaired) electrons. The number of carbonyl (C=O) groups is 1. The Balaban J connectivity index is 1.89. The van der Waals surface area contributed by atoms with E-state index in [2.05, 4.69) is 38.9 Å². The number of tetrazole rings is 1. The Labute approximate surface area is 143 Å². The summed E-state index contributed by atoms with van der Waals surface area (Å²) >= 11 is 0. The molecule has 0 aliphatic carbocycles. The lowest BCUT2D eigenvalue weighted by Gasteiger charge is -2.21. The summed E-state index contributed by atoms with van der Waals surface area (Å²) in [5.41, 5.74) is 2.00. The largest absolute Gasteiger partial charge is 0.411 e. The number of rotatable bonds is 7. The van der Waals surface area contributed by atoms with Crippen LogP contribution in [0.1, 0.15) is 18.7 Å². The van der Waals surface area contributed by atoms with Crippen LogP contribution in [0, 0.1) is 0 Å². The highest BCUT2D eigenvalue weighted by atomic mass is 16.5. The van der Waals surface area contributed by atoms with Gasteiger partial charge in [-0.05, 0) is 24.6 Å². The zero-order valence-corrected chi connectivity index (χ0v) is 13.5. The van der Waals surface area contributed by atoms with Gasteiger partial charge in [0.25, 0.3) is 0 Å². The lowest BCUT2D eigenvalue weighted by atomic mass is 10.1. The van der Waals surface area contributed by atoms with Gasteiger partial charge in [-0.2, -0.15) is 5.21 Å². The van der Waals surface area contributed by atoms with Crippen LogP contribution in [0.5, 0.6) is 0 Å². The Morgan fingerprint density at radius 2 is 2.24 bits per heavy atom. The summed E-state index contributed by atoms with van der Waals surface area (Å²) in [6.45, 7) is 7.65. The second-order valence-corrected chi connectivity index (χ2v) is 5.45. The summed E-state index contributed by atoms with van der Waals surface area (Å²) in [6, 6.07) is 5.20. The van der Waals surface area contributed by atoms with E-state index in [1.165, 1.54) is 6.20 Å². The molecule has 2 N–H and O–H groups in total. The van der Waals surface area contributed by atoms with Crippen LogP contribution in [-0.2, 0) is 11.3 Å². The first-order valence-electron chi connectivity index (χ1n) is 7.58. The van der Waals surface area contributed by atoms with E-state index in [1.807, 2.05) is 0 Å². The smallest absolute Gasteiger partial charge is 0.227 e. The van der Waals surface area contributed by atoms with Crippen LogP contribution in [0.25, 0.3) is 10.9 Å². The minimum atomic E-state index is -0.108. The SMILES string of the molecule is C=CC(=C)CCC(=O)N(Cc1nn[nH]n1)c1ccc2c(cnn2O)c1. The van der Waals surface area contributed by atoms with Gasteiger partial charge in [-0.1, -0.05) is 30.0 Å². The molecule has 1 aromatic carbocycles. The summed E-state index contributed by atoms with van der Waals surface area (Å²) in [4.78, 5) is 15.1. The van der Waals surface area contributed by atoms with Crippen LogP contribution in [0.4, 0.5) is 5.69 Å². The van der Waals surface area contributed by atoms with Crippen LogP contribution in [0.3, 0.4) is 0 Å². The summed E-state index contributed by atoms with van der Waals surface area (Å²) < 4.78 is 0. The maximum atomic E-state index is 12.7. The minimum Gasteiger partial charge on any atom is -0.411 e. The molecular formula is C16H17N7O2. The van der Waals surface area contributed by atoms with Crippen molar-refractivity contribution in [3.63, 3.8) is 0 Å². The number of hydrogen-bond donors (Lipinski definition) is 2. The van der Waals surface area contributed by atoms with Gasteiger partial charge in [-0.3, -0.25) is 4.79 Å². The third kappa shape index (κ3) is 3.55. The van der Waals surface area contributed by atoms with Crippen molar-refractivity contribution in [2.45, 2.75) is 19.4 Å². The molecule has 0 fully saturated rings. The number of amides is 1. The number of fused-ring (bicyclic) bond motifs is 1. The van der Waals surface area contributed by atoms with Gasteiger partial charge in [0.15, 0.2) is 5.82 Å². The second-order valence-electron chi connectivity index (χ2n) is 5.45. The molecule has 1 amide bonds. The van der Waals surface area contributed by atoms with Gasteiger partial charge in [0.1, 0.15) is 5.52 Å². The molecule has 0 bridgehead atoms. The van der Waals surface area contributed by atoms with Crippen LogP contribution < -0.4 is 4.90 Å². The fraction of sp³-hybridized carbons (Fsp3) is 0.188. The molecule has 2 aromatic heterocycles. The lowest BCUT2D eigenvalue weighted by Crippen LogP contribution is -2.30. The van der Waals surface area contributed by atoms with Crippen molar-refractivity contribution < 1.29 is 10.0 Å². The van der Waals surface area contributed by atoms with Crippen LogP contribution >= 0.6 is 0 Å². The van der Waals surface area contributed by atoms with Crippen molar-refractivity contribution in [3.05, 3.63) is 55.0 Å². The molecule has 25 heavy (non-hydrogen) atoms. The molecule has 0 atom stereocenters. The van der Waals surface area contributed by atoms with Gasteiger partial charge < -0.3 is 10.1 Å². The zero-order chi connectivity index (χ0) is 17.8. The monoisotopic (exact) mass is 339 g/mol. The number of carbonyl (C=O) groups excluding carboxylic acids is 1. The van der Waals surface area contributed by atoms with Gasteiger partial charge in [-0.25, -0.2) is 0 Å². The standard InChI is InChI=1S/C16H17N7O2/c1-3-11(2)4-7-16(24)22(10-15-18-20-21-19-15)13-5-6-14-12(8-13)9-17-23(14)25/h3,5-6,8-9,25H,1-2,4,7,10H2,(H,18,19,20,21). The Bertz CT molecular complexity index is 914. The number of aromatic amines is 1. The Morgan fingerprint density at radius 3 is 2.96 bits per heavy atom. The Hall–Kier alpha value is -3.49. The highest BCUT2D eigenvalue weighted by molar-refractivity contribution is 5.95. The fourth-order valence-corrected chi connectivity index (χ4v) is 2.39. The number of anilines is 1. The number of nitrogens with zero attached hydrogens (tertiary/aromatic N) is 6. The van der Waals surface area contributed by atoms with Crippen molar-refractivity contribution in [1.82, 2.24) is 30.6 Å². The topological polar surface area (TPSA) is 113 Å². The fourth-order valence-electron chi connectivity index (χ4n) is 2.39. The normalized spacial score (nSPS) is 10.7. The Morgan fingerprint density at radius 1 is 1.40 bits per heavy atom. The summed E-state index contributed by atoms with van der Waals surface area (Å²) in [5, 5.41) is 27.8. The van der Waals surface area contributed by atoms with Crippen molar-refractivity contribution >= 4 is 22.5 Å². The van der Waals surface area contributed by atoms with E-state index in [1.54, 1.807) is 29.2 Å². The molecule has 0 saturated carbocycles. The van der Waals surface area contributed by atoms with E-state index in [0.717, 1.165) is 10.4 Å². The third-order valence-corrected chi connectivity index (χ3v) is 3.78. The molecule has 9 nitrogen and oxygen atoms in total. The average molecular weight is 339 g/mol. The van der Waals surface area contributed by atoms with E-state index >= 15 is 0 Å². The number of aromatic nitrogens is 6. The maximum absolute atomic E-state index is 12.7. The first-order chi connectivity index (χ1) is 12.1. The first kappa shape index (κ1) is 16.4. The van der Waals surface area contributed by atoms with Gasteiger partial charge >= 0.3 is 0 Å². The van der Waals surface area contributed by atoms with Crippen LogP contribution in [0.15, 0.2) is 49.2 Å². The van der Waals surface area contributed by atoms with Gasteiger partial charge in [0.2, 0.25) is 5.91 Å². The van der Waals surface area contributed by atoms with E-state index < -0.39 is 0 Å². The molecule has 3 rings (SSSR count). The molecule has 0 saturated heterocycles. The quantitative estimate of drug-likeness (QED) is 0.502. The predicted octanol–water partition coefficient (Wildman–Crippen LogP) is 1.84. The molecule has 0 spiro atoms. The van der Waals surface area contributed by atoms with Crippen molar-refractivity contribution in [1.29, 1.82) is 0 Å². The van der Waals surface area contributed by atoms with Gasteiger partial charge in [-0.15, -0.1) is 20.1 Å². The van der Waals surface area contributed by atoms with E-state index in [-0.39, 0.29) is 18.9 Å². The molecule has 0 unspecified atom stereocenters. The maximum Gasteiger partial charge on any atom is 0.227 e. The lowest BCUT2D eigenvalue weighted by molar-refractivity contribution is -0.118. The number of allylic oxidation sites excluding steroid dienone is 2. The van der Waals surface area contributed by atoms with Crippen LogP contribution in [0.2, 0.25) is 0 Å². The molecule has 0 aliphatic heterocycles. The molecular weight excluding hydrogens is 322 g/mol. The van der Waals surface area contributed by atoms with E-state index in [0.29, 0.717) is 28.8 Å². The Kier molecular flexibility index (Phi) is 4.55. The van der Waals surface area contributed by atoms with Gasteiger partial charge in [0.05, 0.1) is 12.7 Å². The summed E-state index contributed by atoms with van der Waals surface area (Å²) in [7, 11) is 0. The van der Waals surface area contributed by atoms with E-state index in [9.17, 15) is 10.0 Å². The second kappa shape index (κ2) is 6.95. The number of hydrogen-bond acceptors (Lipinski definition) is 6. The highest BCUT2D eigenvalue weighted by Gasteiger charge is 2.19. The van der Waals surface area contributed by atoms with E-state index in [4.69, 9.17) is 0 Å². The first-order valence-corrected chi connectivity index (χ1v) is 7.58.